The number of urea groups is 1. The highest BCUT2D eigenvalue weighted by atomic mass is 16.5. The van der Waals surface area contributed by atoms with E-state index < -0.39 is 18.0 Å². The molecule has 1 saturated heterocycles. The van der Waals surface area contributed by atoms with Crippen molar-refractivity contribution in [1.82, 2.24) is 4.90 Å². The number of nitrogens with zero attached hydrogens (tertiary/aromatic N) is 2. The molecule has 0 saturated carbocycles. The zero-order valence-electron chi connectivity index (χ0n) is 11.5. The van der Waals surface area contributed by atoms with Crippen LogP contribution < -0.4 is 4.90 Å². The third-order valence-electron chi connectivity index (χ3n) is 3.21. The molecule has 104 valence electrons. The van der Waals surface area contributed by atoms with E-state index in [2.05, 4.69) is 11.3 Å². The lowest BCUT2D eigenvalue weighted by atomic mass is 10.1. The van der Waals surface area contributed by atoms with Gasteiger partial charge in [0.25, 0.3) is 5.91 Å². The minimum Gasteiger partial charge on any atom is -0.452 e. The number of rotatable bonds is 1. The number of methoxy groups -OCH3 is 1. The Hall–Kier alpha value is -2.63. The fourth-order valence-electron chi connectivity index (χ4n) is 1.90. The van der Waals surface area contributed by atoms with E-state index in [1.54, 1.807) is 18.2 Å². The summed E-state index contributed by atoms with van der Waals surface area (Å²) in [6.45, 7) is 7.26. The largest absolute Gasteiger partial charge is 0.452 e. The Kier molecular flexibility index (Phi) is 3.31. The van der Waals surface area contributed by atoms with E-state index >= 15 is 0 Å². The second-order valence-corrected chi connectivity index (χ2v) is 4.44. The molecule has 1 aliphatic heterocycles. The van der Waals surface area contributed by atoms with Crippen molar-refractivity contribution in [3.63, 3.8) is 0 Å². The molecule has 1 heterocycles. The molecule has 1 aromatic rings. The zero-order valence-corrected chi connectivity index (χ0v) is 11.5. The van der Waals surface area contributed by atoms with Crippen LogP contribution in [0, 0.1) is 13.8 Å². The second-order valence-electron chi connectivity index (χ2n) is 4.44. The summed E-state index contributed by atoms with van der Waals surface area (Å²) in [7, 11) is 1.13. The average Bonchev–Trinajstić information content (AvgIpc) is 2.63. The van der Waals surface area contributed by atoms with Gasteiger partial charge in [0.2, 0.25) is 0 Å². The molecule has 1 aliphatic rings. The summed E-state index contributed by atoms with van der Waals surface area (Å²) in [6, 6.07) is 4.37. The van der Waals surface area contributed by atoms with Crippen molar-refractivity contribution in [2.24, 2.45) is 0 Å². The van der Waals surface area contributed by atoms with Gasteiger partial charge in [-0.3, -0.25) is 4.79 Å². The number of aryl methyl sites for hydroxylation is 2. The van der Waals surface area contributed by atoms with Crippen LogP contribution in [-0.2, 0) is 9.53 Å². The maximum atomic E-state index is 12.2. The van der Waals surface area contributed by atoms with Crippen LogP contribution >= 0.6 is 0 Å². The molecule has 0 bridgehead atoms. The van der Waals surface area contributed by atoms with Crippen LogP contribution in [0.4, 0.5) is 15.3 Å². The van der Waals surface area contributed by atoms with Gasteiger partial charge in [0, 0.05) is 0 Å². The van der Waals surface area contributed by atoms with Gasteiger partial charge < -0.3 is 4.74 Å². The Labute approximate surface area is 116 Å². The highest BCUT2D eigenvalue weighted by Gasteiger charge is 2.45. The predicted octanol–water partition coefficient (Wildman–Crippen LogP) is 2.35. The molecule has 2 rings (SSSR count). The van der Waals surface area contributed by atoms with Gasteiger partial charge in [-0.1, -0.05) is 12.6 Å². The molecule has 6 heteroatoms. The van der Waals surface area contributed by atoms with Gasteiger partial charge in [0.15, 0.2) is 0 Å². The molecular formula is C14H14N2O4. The van der Waals surface area contributed by atoms with Crippen molar-refractivity contribution < 1.29 is 19.1 Å². The number of anilines is 1. The van der Waals surface area contributed by atoms with E-state index in [9.17, 15) is 14.4 Å². The third kappa shape index (κ3) is 1.95. The highest BCUT2D eigenvalue weighted by molar-refractivity contribution is 6.30. The maximum absolute atomic E-state index is 12.2. The van der Waals surface area contributed by atoms with Gasteiger partial charge in [-0.25, -0.2) is 14.5 Å². The van der Waals surface area contributed by atoms with E-state index in [-0.39, 0.29) is 5.70 Å². The number of hydrogen-bond donors (Lipinski definition) is 0. The standard InChI is InChI=1S/C14H14N2O4/c1-8-5-6-11(7-9(8)2)16-12(17)10(3)15(13(16)18)14(19)20-4/h5-7H,3H2,1-2,4H3. The summed E-state index contributed by atoms with van der Waals surface area (Å²) >= 11 is 0. The summed E-state index contributed by atoms with van der Waals surface area (Å²) in [6.07, 6.45) is -0.931. The number of ether oxygens (including phenoxy) is 1. The topological polar surface area (TPSA) is 66.9 Å². The van der Waals surface area contributed by atoms with E-state index in [1.807, 2.05) is 13.8 Å². The van der Waals surface area contributed by atoms with Crippen molar-refractivity contribution >= 4 is 23.7 Å². The average molecular weight is 274 g/mol. The molecule has 0 spiro atoms. The summed E-state index contributed by atoms with van der Waals surface area (Å²) in [5.74, 6) is -0.636. The Morgan fingerprint density at radius 2 is 1.85 bits per heavy atom. The molecular weight excluding hydrogens is 260 g/mol. The van der Waals surface area contributed by atoms with Crippen molar-refractivity contribution in [3.05, 3.63) is 41.6 Å². The zero-order chi connectivity index (χ0) is 15.0. The second kappa shape index (κ2) is 4.80. The van der Waals surface area contributed by atoms with E-state index in [0.29, 0.717) is 10.6 Å². The fourth-order valence-corrected chi connectivity index (χ4v) is 1.90. The van der Waals surface area contributed by atoms with Crippen LogP contribution in [0.2, 0.25) is 0 Å². The molecule has 4 amide bonds. The first-order valence-electron chi connectivity index (χ1n) is 5.91. The molecule has 0 aromatic heterocycles. The number of carbonyl (C=O) groups excluding carboxylic acids is 3. The number of benzene rings is 1. The summed E-state index contributed by atoms with van der Waals surface area (Å²) < 4.78 is 4.48. The van der Waals surface area contributed by atoms with Gasteiger partial charge in [-0.15, -0.1) is 0 Å². The number of amides is 4. The van der Waals surface area contributed by atoms with Crippen LogP contribution in [0.5, 0.6) is 0 Å². The Bertz CT molecular complexity index is 636. The van der Waals surface area contributed by atoms with Gasteiger partial charge in [-0.2, -0.15) is 4.90 Å². The summed E-state index contributed by atoms with van der Waals surface area (Å²) in [4.78, 5) is 37.3. The molecule has 0 N–H and O–H groups in total. The van der Waals surface area contributed by atoms with E-state index in [1.165, 1.54) is 0 Å². The first-order chi connectivity index (χ1) is 9.38. The van der Waals surface area contributed by atoms with Gasteiger partial charge in [0.1, 0.15) is 5.70 Å². The van der Waals surface area contributed by atoms with Gasteiger partial charge in [-0.05, 0) is 37.1 Å². The minimum absolute atomic E-state index is 0.222. The monoisotopic (exact) mass is 274 g/mol. The maximum Gasteiger partial charge on any atom is 0.422 e. The number of carbonyl (C=O) groups is 3. The van der Waals surface area contributed by atoms with Crippen molar-refractivity contribution in [2.75, 3.05) is 12.0 Å². The molecule has 6 nitrogen and oxygen atoms in total. The van der Waals surface area contributed by atoms with E-state index in [0.717, 1.165) is 23.1 Å². The molecule has 0 unspecified atom stereocenters. The van der Waals surface area contributed by atoms with Crippen LogP contribution in [0.1, 0.15) is 11.1 Å². The van der Waals surface area contributed by atoms with Crippen LogP contribution in [0.15, 0.2) is 30.5 Å². The minimum atomic E-state index is -0.931. The highest BCUT2D eigenvalue weighted by Crippen LogP contribution is 2.28. The Morgan fingerprint density at radius 3 is 2.40 bits per heavy atom. The van der Waals surface area contributed by atoms with Gasteiger partial charge >= 0.3 is 12.1 Å². The molecule has 1 fully saturated rings. The smallest absolute Gasteiger partial charge is 0.422 e. The SMILES string of the molecule is C=C1C(=O)N(c2ccc(C)c(C)c2)C(=O)N1C(=O)OC. The molecule has 0 aliphatic carbocycles. The van der Waals surface area contributed by atoms with Crippen LogP contribution in [-0.4, -0.2) is 30.0 Å². The lowest BCUT2D eigenvalue weighted by Gasteiger charge is -2.15. The molecule has 20 heavy (non-hydrogen) atoms. The normalized spacial score (nSPS) is 15.1. The first-order valence-corrected chi connectivity index (χ1v) is 5.91. The number of imide groups is 2. The lowest BCUT2D eigenvalue weighted by Crippen LogP contribution is -2.36. The predicted molar refractivity (Wildman–Crippen MR) is 72.2 cm³/mol. The molecule has 0 radical (unpaired) electrons. The van der Waals surface area contributed by atoms with Gasteiger partial charge in [0.05, 0.1) is 12.8 Å². The van der Waals surface area contributed by atoms with Crippen LogP contribution in [0.25, 0.3) is 0 Å². The Morgan fingerprint density at radius 1 is 1.20 bits per heavy atom. The van der Waals surface area contributed by atoms with Crippen molar-refractivity contribution in [1.29, 1.82) is 0 Å². The van der Waals surface area contributed by atoms with E-state index in [4.69, 9.17) is 0 Å². The summed E-state index contributed by atoms with van der Waals surface area (Å²) in [5, 5.41) is 0. The molecule has 1 aromatic carbocycles. The fraction of sp³-hybridized carbons (Fsp3) is 0.214. The summed E-state index contributed by atoms with van der Waals surface area (Å²) in [5.41, 5.74) is 2.15. The molecule has 0 atom stereocenters. The Balaban J connectivity index is 2.45. The quantitative estimate of drug-likeness (QED) is 0.582. The van der Waals surface area contributed by atoms with Crippen LogP contribution in [0.3, 0.4) is 0 Å². The number of hydrogen-bond acceptors (Lipinski definition) is 4. The van der Waals surface area contributed by atoms with Crippen molar-refractivity contribution in [2.45, 2.75) is 13.8 Å². The first kappa shape index (κ1) is 13.8. The third-order valence-corrected chi connectivity index (χ3v) is 3.21. The van der Waals surface area contributed by atoms with Crippen molar-refractivity contribution in [3.8, 4) is 0 Å². The lowest BCUT2D eigenvalue weighted by molar-refractivity contribution is -0.114.